The van der Waals surface area contributed by atoms with E-state index in [1.165, 1.54) is 4.57 Å². The highest BCUT2D eigenvalue weighted by molar-refractivity contribution is 5.86. The average molecular weight is 420 g/mol. The Bertz CT molecular complexity index is 1220. The molecule has 0 aliphatic carbocycles. The van der Waals surface area contributed by atoms with Crippen molar-refractivity contribution in [2.75, 3.05) is 20.1 Å². The SMILES string of the molecule is CN1CCC(O)(C(=O)NC(C#N)Cc2ccc(-c3ccc4oc(=O)n(C)c4c3)cc2)C1. The number of amides is 1. The van der Waals surface area contributed by atoms with E-state index in [9.17, 15) is 20.0 Å². The van der Waals surface area contributed by atoms with Crippen LogP contribution in [0.3, 0.4) is 0 Å². The van der Waals surface area contributed by atoms with Crippen molar-refractivity contribution < 1.29 is 14.3 Å². The Hall–Kier alpha value is -3.41. The third kappa shape index (κ3) is 4.10. The number of aliphatic hydroxyl groups is 1. The highest BCUT2D eigenvalue weighted by Crippen LogP contribution is 2.25. The summed E-state index contributed by atoms with van der Waals surface area (Å²) in [5.41, 5.74) is 2.60. The van der Waals surface area contributed by atoms with Gasteiger partial charge in [0.2, 0.25) is 0 Å². The first kappa shape index (κ1) is 20.8. The van der Waals surface area contributed by atoms with Crippen LogP contribution in [0.5, 0.6) is 0 Å². The molecular weight excluding hydrogens is 396 g/mol. The van der Waals surface area contributed by atoms with Crippen LogP contribution < -0.4 is 11.1 Å². The van der Waals surface area contributed by atoms with Gasteiger partial charge in [0.15, 0.2) is 11.2 Å². The molecule has 160 valence electrons. The topological polar surface area (TPSA) is 112 Å². The highest BCUT2D eigenvalue weighted by atomic mass is 16.4. The number of aromatic nitrogens is 1. The number of fused-ring (bicyclic) bond motifs is 1. The fourth-order valence-corrected chi connectivity index (χ4v) is 3.96. The van der Waals surface area contributed by atoms with Crippen molar-refractivity contribution in [3.8, 4) is 17.2 Å². The fraction of sp³-hybridized carbons (Fsp3) is 0.348. The van der Waals surface area contributed by atoms with E-state index in [1.807, 2.05) is 48.3 Å². The molecule has 2 aromatic carbocycles. The monoisotopic (exact) mass is 420 g/mol. The average Bonchev–Trinajstić information content (AvgIpc) is 3.26. The molecule has 0 bridgehead atoms. The van der Waals surface area contributed by atoms with Gasteiger partial charge in [-0.1, -0.05) is 30.3 Å². The molecule has 1 saturated heterocycles. The Morgan fingerprint density at radius 2 is 1.97 bits per heavy atom. The van der Waals surface area contributed by atoms with E-state index in [4.69, 9.17) is 4.42 Å². The van der Waals surface area contributed by atoms with E-state index in [2.05, 4.69) is 11.4 Å². The molecule has 1 aliphatic heterocycles. The number of hydrogen-bond donors (Lipinski definition) is 2. The largest absolute Gasteiger partial charge is 0.419 e. The van der Waals surface area contributed by atoms with Crippen LogP contribution in [0.4, 0.5) is 0 Å². The van der Waals surface area contributed by atoms with Gasteiger partial charge in [0.05, 0.1) is 11.6 Å². The summed E-state index contributed by atoms with van der Waals surface area (Å²) in [5, 5.41) is 22.7. The quantitative estimate of drug-likeness (QED) is 0.646. The Labute approximate surface area is 179 Å². The van der Waals surface area contributed by atoms with E-state index in [-0.39, 0.29) is 6.54 Å². The molecule has 1 aromatic heterocycles. The van der Waals surface area contributed by atoms with Gasteiger partial charge >= 0.3 is 5.76 Å². The predicted octanol–water partition coefficient (Wildman–Crippen LogP) is 1.42. The molecule has 31 heavy (non-hydrogen) atoms. The number of benzene rings is 2. The number of likely N-dealkylation sites (tertiary alicyclic amines) is 1. The molecule has 4 rings (SSSR count). The molecule has 2 unspecified atom stereocenters. The standard InChI is InChI=1S/C23H24N4O4/c1-26-10-9-23(30,14-26)21(28)25-18(13-24)11-15-3-5-16(6-4-15)17-7-8-20-19(12-17)27(2)22(29)31-20/h3-8,12,18,30H,9-11,14H2,1-2H3,(H,25,28). The van der Waals surface area contributed by atoms with Crippen molar-refractivity contribution in [3.63, 3.8) is 0 Å². The molecule has 0 spiro atoms. The van der Waals surface area contributed by atoms with Gasteiger partial charge in [-0.2, -0.15) is 5.26 Å². The zero-order chi connectivity index (χ0) is 22.2. The van der Waals surface area contributed by atoms with E-state index in [0.717, 1.165) is 16.7 Å². The lowest BCUT2D eigenvalue weighted by Crippen LogP contribution is -2.51. The number of carbonyl (C=O) groups is 1. The number of oxazole rings is 1. The summed E-state index contributed by atoms with van der Waals surface area (Å²) in [6.07, 6.45) is 0.693. The lowest BCUT2D eigenvalue weighted by atomic mass is 9.99. The minimum atomic E-state index is -1.44. The van der Waals surface area contributed by atoms with Crippen LogP contribution in [0, 0.1) is 11.3 Å². The van der Waals surface area contributed by atoms with Crippen LogP contribution in [-0.2, 0) is 18.3 Å². The van der Waals surface area contributed by atoms with Gasteiger partial charge in [0.1, 0.15) is 6.04 Å². The summed E-state index contributed by atoms with van der Waals surface area (Å²) in [5.74, 6) is -0.903. The lowest BCUT2D eigenvalue weighted by Gasteiger charge is -2.23. The molecular formula is C23H24N4O4. The summed E-state index contributed by atoms with van der Waals surface area (Å²) >= 11 is 0. The van der Waals surface area contributed by atoms with Crippen LogP contribution in [-0.4, -0.2) is 52.3 Å². The Morgan fingerprint density at radius 3 is 2.61 bits per heavy atom. The second-order valence-electron chi connectivity index (χ2n) is 8.19. The number of hydrogen-bond acceptors (Lipinski definition) is 6. The smallest absolute Gasteiger partial charge is 0.408 e. The van der Waals surface area contributed by atoms with Crippen LogP contribution in [0.2, 0.25) is 0 Å². The Kier molecular flexibility index (Phi) is 5.39. The van der Waals surface area contributed by atoms with Crippen molar-refractivity contribution in [1.29, 1.82) is 5.26 Å². The van der Waals surface area contributed by atoms with Crippen molar-refractivity contribution in [2.24, 2.45) is 7.05 Å². The van der Waals surface area contributed by atoms with Gasteiger partial charge in [-0.15, -0.1) is 0 Å². The van der Waals surface area contributed by atoms with Gasteiger partial charge in [-0.05, 0) is 42.3 Å². The molecule has 1 amide bonds. The number of aryl methyl sites for hydroxylation is 1. The van der Waals surface area contributed by atoms with Gasteiger partial charge < -0.3 is 19.7 Å². The molecule has 2 atom stereocenters. The maximum absolute atomic E-state index is 12.5. The third-order valence-corrected chi connectivity index (χ3v) is 5.84. The first-order valence-electron chi connectivity index (χ1n) is 10.1. The van der Waals surface area contributed by atoms with Crippen molar-refractivity contribution in [1.82, 2.24) is 14.8 Å². The minimum absolute atomic E-state index is 0.262. The molecule has 2 heterocycles. The number of nitrogens with zero attached hydrogens (tertiary/aromatic N) is 3. The molecule has 8 heteroatoms. The third-order valence-electron chi connectivity index (χ3n) is 5.84. The second-order valence-corrected chi connectivity index (χ2v) is 8.19. The summed E-state index contributed by atoms with van der Waals surface area (Å²) in [6.45, 7) is 0.902. The lowest BCUT2D eigenvalue weighted by molar-refractivity contribution is -0.138. The predicted molar refractivity (Wildman–Crippen MR) is 115 cm³/mol. The Morgan fingerprint density at radius 1 is 1.26 bits per heavy atom. The molecule has 0 saturated carbocycles. The maximum atomic E-state index is 12.5. The number of likely N-dealkylation sites (N-methyl/N-ethyl adjacent to an activating group) is 1. The van der Waals surface area contributed by atoms with Crippen LogP contribution >= 0.6 is 0 Å². The zero-order valence-corrected chi connectivity index (χ0v) is 17.5. The Balaban J connectivity index is 1.46. The first-order chi connectivity index (χ1) is 14.8. The van der Waals surface area contributed by atoms with Crippen LogP contribution in [0.1, 0.15) is 12.0 Å². The number of nitrogens with one attached hydrogen (secondary N) is 1. The number of nitriles is 1. The van der Waals surface area contributed by atoms with Gasteiger partial charge in [-0.3, -0.25) is 9.36 Å². The summed E-state index contributed by atoms with van der Waals surface area (Å²) in [4.78, 5) is 26.0. The summed E-state index contributed by atoms with van der Waals surface area (Å²) in [7, 11) is 3.51. The van der Waals surface area contributed by atoms with Crippen molar-refractivity contribution in [3.05, 3.63) is 58.6 Å². The van der Waals surface area contributed by atoms with Gasteiger partial charge in [0.25, 0.3) is 5.91 Å². The number of rotatable bonds is 5. The van der Waals surface area contributed by atoms with E-state index >= 15 is 0 Å². The first-order valence-corrected chi connectivity index (χ1v) is 10.1. The van der Waals surface area contributed by atoms with Crippen LogP contribution in [0.25, 0.3) is 22.2 Å². The molecule has 3 aromatic rings. The fourth-order valence-electron chi connectivity index (χ4n) is 3.96. The zero-order valence-electron chi connectivity index (χ0n) is 17.5. The number of carbonyl (C=O) groups excluding carboxylic acids is 1. The van der Waals surface area contributed by atoms with Crippen molar-refractivity contribution in [2.45, 2.75) is 24.5 Å². The van der Waals surface area contributed by atoms with Crippen LogP contribution in [0.15, 0.2) is 51.7 Å². The van der Waals surface area contributed by atoms with Crippen molar-refractivity contribution >= 4 is 17.0 Å². The van der Waals surface area contributed by atoms with Gasteiger partial charge in [-0.25, -0.2) is 4.79 Å². The van der Waals surface area contributed by atoms with E-state index in [0.29, 0.717) is 30.5 Å². The normalized spacial score (nSPS) is 19.9. The number of β-amino-alcohol motifs (C(OH)–C–C–N with tert-alkyl or cyclic N) is 1. The second kappa shape index (κ2) is 8.02. The molecule has 8 nitrogen and oxygen atoms in total. The molecule has 2 N–H and O–H groups in total. The van der Waals surface area contributed by atoms with E-state index < -0.39 is 23.3 Å². The molecule has 1 aliphatic rings. The molecule has 0 radical (unpaired) electrons. The highest BCUT2D eigenvalue weighted by Gasteiger charge is 2.42. The molecule has 1 fully saturated rings. The maximum Gasteiger partial charge on any atom is 0.419 e. The summed E-state index contributed by atoms with van der Waals surface area (Å²) < 4.78 is 6.63. The van der Waals surface area contributed by atoms with Gasteiger partial charge in [0, 0.05) is 26.6 Å². The minimum Gasteiger partial charge on any atom is -0.408 e. The van der Waals surface area contributed by atoms with E-state index in [1.54, 1.807) is 13.1 Å². The summed E-state index contributed by atoms with van der Waals surface area (Å²) in [6, 6.07) is 14.6.